The zero-order valence-electron chi connectivity index (χ0n) is 33.2. The number of alkyl carbamates (subject to hydrolysis) is 1. The van der Waals surface area contributed by atoms with E-state index in [-0.39, 0.29) is 36.5 Å². The number of anilines is 1. The number of carbonyl (C=O) groups excluding carboxylic acids is 4. The van der Waals surface area contributed by atoms with E-state index in [4.69, 9.17) is 19.2 Å². The van der Waals surface area contributed by atoms with Crippen molar-refractivity contribution in [3.05, 3.63) is 96.4 Å². The number of carbonyl (C=O) groups is 4. The summed E-state index contributed by atoms with van der Waals surface area (Å²) in [5, 5.41) is 11.8. The molecule has 5 N–H and O–H groups in total. The zero-order valence-corrected chi connectivity index (χ0v) is 33.2. The van der Waals surface area contributed by atoms with Crippen LogP contribution in [0.2, 0.25) is 0 Å². The number of methoxy groups -OCH3 is 1. The molecule has 306 valence electrons. The highest BCUT2D eigenvalue weighted by Gasteiger charge is 2.38. The molecule has 3 heterocycles. The highest BCUT2D eigenvalue weighted by Crippen LogP contribution is 2.35. The predicted octanol–water partition coefficient (Wildman–Crippen LogP) is 6.41. The summed E-state index contributed by atoms with van der Waals surface area (Å²) in [4.78, 5) is 63.3. The lowest BCUT2D eigenvalue weighted by atomic mass is 9.83. The standard InChI is InChI=1S/C44H53N7O7/c1-27(2)36(49-43(55)56-3)40(52)48-37(31-11-6-4-7-12-31)41(53)46-33-22-20-29(21-23-33)28-16-18-30(19-17-28)34-25-45-39(47-34)35-15-10-24-51(35)42(54)38(50-44-57-26-58-44)32-13-8-5-9-14-32/h5,8-9,13-14,16-23,25,27,31,35-38,44,50H,4,6-7,10-12,15,24,26H2,1-3H3,(H,45,47)(H,46,53)(H,48,52)(H,49,55)/t35-,36-,37-,38+/m0/s1. The van der Waals surface area contributed by atoms with Crippen LogP contribution in [0.3, 0.4) is 0 Å². The molecule has 14 heteroatoms. The number of hydrogen-bond donors (Lipinski definition) is 5. The summed E-state index contributed by atoms with van der Waals surface area (Å²) in [6.07, 6.45) is 6.99. The van der Waals surface area contributed by atoms with Crippen molar-refractivity contribution in [3.8, 4) is 22.4 Å². The molecule has 2 saturated heterocycles. The fourth-order valence-corrected chi connectivity index (χ4v) is 8.09. The molecule has 1 aliphatic carbocycles. The molecule has 0 bridgehead atoms. The summed E-state index contributed by atoms with van der Waals surface area (Å²) < 4.78 is 15.5. The van der Waals surface area contributed by atoms with E-state index in [9.17, 15) is 19.2 Å². The molecule has 0 radical (unpaired) electrons. The predicted molar refractivity (Wildman–Crippen MR) is 218 cm³/mol. The number of aromatic amines is 1. The number of aromatic nitrogens is 2. The Hall–Kier alpha value is -5.57. The van der Waals surface area contributed by atoms with Gasteiger partial charge in [0, 0.05) is 24.0 Å². The van der Waals surface area contributed by atoms with E-state index in [2.05, 4.69) is 26.3 Å². The number of ether oxygens (including phenoxy) is 3. The lowest BCUT2D eigenvalue weighted by Crippen LogP contribution is -2.56. The Labute approximate surface area is 338 Å². The van der Waals surface area contributed by atoms with Crippen molar-refractivity contribution in [2.75, 3.05) is 25.8 Å². The van der Waals surface area contributed by atoms with Crippen LogP contribution in [-0.2, 0) is 28.6 Å². The third-order valence-electron chi connectivity index (χ3n) is 11.3. The number of hydrogen-bond acceptors (Lipinski definition) is 9. The maximum Gasteiger partial charge on any atom is 0.407 e. The quantitative estimate of drug-likeness (QED) is 0.0967. The normalized spacial score (nSPS) is 18.8. The summed E-state index contributed by atoms with van der Waals surface area (Å²) >= 11 is 0. The Bertz CT molecular complexity index is 2010. The van der Waals surface area contributed by atoms with Crippen molar-refractivity contribution in [2.45, 2.75) is 89.4 Å². The van der Waals surface area contributed by atoms with E-state index < -0.39 is 36.5 Å². The molecule has 4 aromatic rings. The van der Waals surface area contributed by atoms with Gasteiger partial charge in [-0.25, -0.2) is 9.78 Å². The van der Waals surface area contributed by atoms with E-state index in [0.717, 1.165) is 78.7 Å². The first-order chi connectivity index (χ1) is 28.2. The Morgan fingerprint density at radius 2 is 1.48 bits per heavy atom. The molecule has 4 amide bonds. The van der Waals surface area contributed by atoms with Gasteiger partial charge in [0.15, 0.2) is 6.79 Å². The summed E-state index contributed by atoms with van der Waals surface area (Å²) in [5.74, 6) is -0.231. The lowest BCUT2D eigenvalue weighted by Gasteiger charge is -2.34. The Balaban J connectivity index is 0.992. The fraction of sp³-hybridized carbons (Fsp3) is 0.432. The number of amides is 4. The number of likely N-dealkylation sites (tertiary alicyclic amines) is 1. The molecule has 2 aliphatic heterocycles. The summed E-state index contributed by atoms with van der Waals surface area (Å²) in [7, 11) is 1.25. The zero-order chi connectivity index (χ0) is 40.6. The van der Waals surface area contributed by atoms with Crippen LogP contribution in [-0.4, -0.2) is 77.6 Å². The van der Waals surface area contributed by atoms with Crippen LogP contribution < -0.4 is 21.3 Å². The third kappa shape index (κ3) is 9.58. The molecular weight excluding hydrogens is 739 g/mol. The van der Waals surface area contributed by atoms with Crippen molar-refractivity contribution in [1.82, 2.24) is 30.8 Å². The van der Waals surface area contributed by atoms with Gasteiger partial charge in [-0.05, 0) is 66.3 Å². The van der Waals surface area contributed by atoms with Crippen LogP contribution in [0, 0.1) is 11.8 Å². The number of benzene rings is 3. The highest BCUT2D eigenvalue weighted by atomic mass is 16.9. The molecule has 1 saturated carbocycles. The second kappa shape index (κ2) is 18.8. The molecule has 3 aromatic carbocycles. The van der Waals surface area contributed by atoms with Gasteiger partial charge in [-0.1, -0.05) is 99.8 Å². The maximum absolute atomic E-state index is 14.0. The molecule has 14 nitrogen and oxygen atoms in total. The van der Waals surface area contributed by atoms with E-state index in [1.54, 1.807) is 0 Å². The number of imidazole rings is 1. The molecule has 3 fully saturated rings. The number of nitrogens with zero attached hydrogens (tertiary/aromatic N) is 2. The monoisotopic (exact) mass is 791 g/mol. The molecule has 3 aliphatic rings. The van der Waals surface area contributed by atoms with Crippen molar-refractivity contribution < 1.29 is 33.4 Å². The van der Waals surface area contributed by atoms with Crippen molar-refractivity contribution >= 4 is 29.5 Å². The molecule has 0 unspecified atom stereocenters. The minimum Gasteiger partial charge on any atom is -0.453 e. The second-order valence-electron chi connectivity index (χ2n) is 15.5. The van der Waals surface area contributed by atoms with Gasteiger partial charge in [0.05, 0.1) is 18.8 Å². The summed E-state index contributed by atoms with van der Waals surface area (Å²) in [5.41, 5.74) is 5.15. The van der Waals surface area contributed by atoms with Gasteiger partial charge in [0.2, 0.25) is 24.1 Å². The number of rotatable bonds is 14. The van der Waals surface area contributed by atoms with Crippen LogP contribution in [0.4, 0.5) is 10.5 Å². The third-order valence-corrected chi connectivity index (χ3v) is 11.3. The van der Waals surface area contributed by atoms with E-state index in [1.165, 1.54) is 7.11 Å². The van der Waals surface area contributed by atoms with Gasteiger partial charge >= 0.3 is 6.09 Å². The molecule has 4 atom stereocenters. The summed E-state index contributed by atoms with van der Waals surface area (Å²) in [6.45, 7) is 4.49. The lowest BCUT2D eigenvalue weighted by molar-refractivity contribution is -0.335. The minimum atomic E-state index is -0.843. The second-order valence-corrected chi connectivity index (χ2v) is 15.5. The van der Waals surface area contributed by atoms with Gasteiger partial charge in [-0.15, -0.1) is 0 Å². The van der Waals surface area contributed by atoms with E-state index in [0.29, 0.717) is 12.2 Å². The maximum atomic E-state index is 14.0. The molecule has 1 aromatic heterocycles. The van der Waals surface area contributed by atoms with Crippen LogP contribution >= 0.6 is 0 Å². The minimum absolute atomic E-state index is 0.0106. The topological polar surface area (TPSA) is 176 Å². The molecule has 0 spiro atoms. The Kier molecular flexibility index (Phi) is 13.2. The number of nitrogens with one attached hydrogen (secondary N) is 5. The van der Waals surface area contributed by atoms with E-state index in [1.807, 2.05) is 104 Å². The van der Waals surface area contributed by atoms with Gasteiger partial charge in [0.1, 0.15) is 23.9 Å². The van der Waals surface area contributed by atoms with Crippen LogP contribution in [0.1, 0.15) is 82.3 Å². The first kappa shape index (κ1) is 40.6. The van der Waals surface area contributed by atoms with Gasteiger partial charge in [0.25, 0.3) is 0 Å². The molecule has 58 heavy (non-hydrogen) atoms. The van der Waals surface area contributed by atoms with Gasteiger partial charge in [-0.2, -0.15) is 0 Å². The SMILES string of the molecule is COC(=O)N[C@H](C(=O)N[C@H](C(=O)Nc1ccc(-c2ccc(-c3c[nH]c([C@@H]4CCCN4C(=O)[C@H](NC4OCO4)c4ccccc4)n3)cc2)cc1)C1CCCCC1)C(C)C. The smallest absolute Gasteiger partial charge is 0.407 e. The van der Waals surface area contributed by atoms with Crippen molar-refractivity contribution in [1.29, 1.82) is 0 Å². The Morgan fingerprint density at radius 1 is 0.810 bits per heavy atom. The first-order valence-electron chi connectivity index (χ1n) is 20.2. The van der Waals surface area contributed by atoms with Crippen LogP contribution in [0.15, 0.2) is 85.1 Å². The van der Waals surface area contributed by atoms with Crippen molar-refractivity contribution in [3.63, 3.8) is 0 Å². The van der Waals surface area contributed by atoms with E-state index >= 15 is 0 Å². The molecule has 7 rings (SSSR count). The fourth-order valence-electron chi connectivity index (χ4n) is 8.09. The van der Waals surface area contributed by atoms with Crippen LogP contribution in [0.5, 0.6) is 0 Å². The molecular formula is C44H53N7O7. The average Bonchev–Trinajstić information content (AvgIpc) is 3.93. The number of H-pyrrole nitrogens is 1. The average molecular weight is 792 g/mol. The first-order valence-corrected chi connectivity index (χ1v) is 20.2. The Morgan fingerprint density at radius 3 is 2.12 bits per heavy atom. The largest absolute Gasteiger partial charge is 0.453 e. The van der Waals surface area contributed by atoms with Crippen LogP contribution in [0.25, 0.3) is 22.4 Å². The van der Waals surface area contributed by atoms with Crippen molar-refractivity contribution in [2.24, 2.45) is 11.8 Å². The summed E-state index contributed by atoms with van der Waals surface area (Å²) in [6, 6.07) is 22.9. The van der Waals surface area contributed by atoms with Gasteiger partial charge < -0.3 is 40.0 Å². The highest BCUT2D eigenvalue weighted by molar-refractivity contribution is 5.98. The van der Waals surface area contributed by atoms with Gasteiger partial charge in [-0.3, -0.25) is 19.7 Å².